The summed E-state index contributed by atoms with van der Waals surface area (Å²) in [5.74, 6) is -0.688. The Labute approximate surface area is 103 Å². The van der Waals surface area contributed by atoms with E-state index in [1.165, 1.54) is 18.2 Å². The molecule has 0 aliphatic rings. The summed E-state index contributed by atoms with van der Waals surface area (Å²) in [6, 6.07) is 5.53. The van der Waals surface area contributed by atoms with E-state index in [1.54, 1.807) is 19.9 Å². The molecule has 0 bridgehead atoms. The Hall–Kier alpha value is -1.72. The fourth-order valence-corrected chi connectivity index (χ4v) is 1.42. The zero-order valence-electron chi connectivity index (χ0n) is 10.0. The topological polar surface area (TPSA) is 38.3 Å². The first-order chi connectivity index (χ1) is 8.28. The molecule has 1 amide bonds. The van der Waals surface area contributed by atoms with Crippen molar-refractivity contribution in [1.82, 2.24) is 5.32 Å². The highest BCUT2D eigenvalue weighted by atomic mass is 19.4. The maximum atomic E-state index is 12.1. The molecule has 0 aromatic heterocycles. The van der Waals surface area contributed by atoms with Gasteiger partial charge in [0, 0.05) is 11.6 Å². The molecule has 1 aromatic rings. The lowest BCUT2D eigenvalue weighted by atomic mass is 10.1. The first-order valence-corrected chi connectivity index (χ1v) is 5.41. The van der Waals surface area contributed by atoms with E-state index in [2.05, 4.69) is 10.1 Å². The van der Waals surface area contributed by atoms with Crippen molar-refractivity contribution >= 4 is 5.91 Å². The Balaban J connectivity index is 2.79. The van der Waals surface area contributed by atoms with Crippen LogP contribution >= 0.6 is 0 Å². The Morgan fingerprint density at radius 1 is 1.33 bits per heavy atom. The number of nitrogens with one attached hydrogen (secondary N) is 1. The van der Waals surface area contributed by atoms with Gasteiger partial charge in [-0.1, -0.05) is 18.2 Å². The molecule has 0 saturated carbocycles. The highest BCUT2D eigenvalue weighted by molar-refractivity contribution is 5.79. The molecular weight excluding hydrogens is 247 g/mol. The highest BCUT2D eigenvalue weighted by Crippen LogP contribution is 2.26. The molecule has 0 fully saturated rings. The van der Waals surface area contributed by atoms with Crippen LogP contribution in [0.4, 0.5) is 13.2 Å². The summed E-state index contributed by atoms with van der Waals surface area (Å²) >= 11 is 0. The maximum absolute atomic E-state index is 12.1. The normalized spacial score (nSPS) is 11.4. The number of para-hydroxylation sites is 1. The van der Waals surface area contributed by atoms with Crippen molar-refractivity contribution in [2.45, 2.75) is 32.7 Å². The van der Waals surface area contributed by atoms with Crippen LogP contribution in [-0.4, -0.2) is 18.3 Å². The lowest BCUT2D eigenvalue weighted by Crippen LogP contribution is -2.31. The predicted molar refractivity (Wildman–Crippen MR) is 60.1 cm³/mol. The van der Waals surface area contributed by atoms with Crippen molar-refractivity contribution in [1.29, 1.82) is 0 Å². The van der Waals surface area contributed by atoms with Crippen LogP contribution in [0.1, 0.15) is 19.4 Å². The molecule has 0 heterocycles. The Kier molecular flexibility index (Phi) is 4.58. The van der Waals surface area contributed by atoms with Crippen LogP contribution in [0.25, 0.3) is 0 Å². The van der Waals surface area contributed by atoms with Crippen LogP contribution in [0.5, 0.6) is 5.75 Å². The predicted octanol–water partition coefficient (Wildman–Crippen LogP) is 2.65. The number of halogens is 3. The van der Waals surface area contributed by atoms with Crippen LogP contribution < -0.4 is 10.1 Å². The molecule has 18 heavy (non-hydrogen) atoms. The Morgan fingerprint density at radius 3 is 2.50 bits per heavy atom. The van der Waals surface area contributed by atoms with Crippen LogP contribution in [0.15, 0.2) is 24.3 Å². The third-order valence-electron chi connectivity index (χ3n) is 2.00. The van der Waals surface area contributed by atoms with Gasteiger partial charge in [0.2, 0.25) is 5.91 Å². The molecule has 0 saturated heterocycles. The maximum Gasteiger partial charge on any atom is 0.573 e. The fraction of sp³-hybridized carbons (Fsp3) is 0.417. The van der Waals surface area contributed by atoms with Crippen LogP contribution in [0.2, 0.25) is 0 Å². The van der Waals surface area contributed by atoms with E-state index in [-0.39, 0.29) is 29.7 Å². The van der Waals surface area contributed by atoms with E-state index in [1.807, 2.05) is 0 Å². The van der Waals surface area contributed by atoms with Gasteiger partial charge in [-0.05, 0) is 19.9 Å². The quantitative estimate of drug-likeness (QED) is 0.904. The van der Waals surface area contributed by atoms with Gasteiger partial charge in [-0.2, -0.15) is 0 Å². The molecule has 0 unspecified atom stereocenters. The number of ether oxygens (including phenoxy) is 1. The van der Waals surface area contributed by atoms with Crippen molar-refractivity contribution in [3.63, 3.8) is 0 Å². The van der Waals surface area contributed by atoms with Gasteiger partial charge in [-0.3, -0.25) is 4.79 Å². The number of hydrogen-bond donors (Lipinski definition) is 1. The Morgan fingerprint density at radius 2 is 1.94 bits per heavy atom. The number of hydrogen-bond acceptors (Lipinski definition) is 2. The second-order valence-electron chi connectivity index (χ2n) is 4.05. The monoisotopic (exact) mass is 261 g/mol. The van der Waals surface area contributed by atoms with Crippen molar-refractivity contribution < 1.29 is 22.7 Å². The molecule has 0 radical (unpaired) electrons. The molecule has 100 valence electrons. The van der Waals surface area contributed by atoms with Gasteiger partial charge < -0.3 is 10.1 Å². The number of amides is 1. The zero-order chi connectivity index (χ0) is 13.8. The van der Waals surface area contributed by atoms with E-state index in [0.29, 0.717) is 0 Å². The van der Waals surface area contributed by atoms with Gasteiger partial charge in [0.1, 0.15) is 5.75 Å². The fourth-order valence-electron chi connectivity index (χ4n) is 1.42. The average molecular weight is 261 g/mol. The molecule has 1 N–H and O–H groups in total. The van der Waals surface area contributed by atoms with E-state index in [9.17, 15) is 18.0 Å². The van der Waals surface area contributed by atoms with Gasteiger partial charge in [-0.15, -0.1) is 13.2 Å². The summed E-state index contributed by atoms with van der Waals surface area (Å²) in [5.41, 5.74) is 0.202. The standard InChI is InChI=1S/C12H14F3NO2/c1-8(2)16-11(17)7-9-5-3-4-6-10(9)18-12(13,14)15/h3-6,8H,7H2,1-2H3,(H,16,17). The summed E-state index contributed by atoms with van der Waals surface area (Å²) in [4.78, 5) is 11.5. The van der Waals surface area contributed by atoms with Crippen LogP contribution in [-0.2, 0) is 11.2 Å². The molecule has 0 aliphatic carbocycles. The summed E-state index contributed by atoms with van der Waals surface area (Å²) in [6.07, 6.45) is -4.91. The summed E-state index contributed by atoms with van der Waals surface area (Å²) in [5, 5.41) is 2.61. The van der Waals surface area contributed by atoms with E-state index >= 15 is 0 Å². The van der Waals surface area contributed by atoms with Crippen LogP contribution in [0.3, 0.4) is 0 Å². The molecule has 1 aromatic carbocycles. The van der Waals surface area contributed by atoms with Crippen molar-refractivity contribution in [2.24, 2.45) is 0 Å². The molecule has 0 aliphatic heterocycles. The molecule has 1 rings (SSSR count). The minimum atomic E-state index is -4.76. The smallest absolute Gasteiger partial charge is 0.405 e. The van der Waals surface area contributed by atoms with Gasteiger partial charge >= 0.3 is 6.36 Å². The SMILES string of the molecule is CC(C)NC(=O)Cc1ccccc1OC(F)(F)F. The molecule has 6 heteroatoms. The first-order valence-electron chi connectivity index (χ1n) is 5.41. The molecular formula is C12H14F3NO2. The number of rotatable bonds is 4. The van der Waals surface area contributed by atoms with Gasteiger partial charge in [0.15, 0.2) is 0 Å². The largest absolute Gasteiger partial charge is 0.573 e. The Bertz CT molecular complexity index is 416. The lowest BCUT2D eigenvalue weighted by molar-refractivity contribution is -0.274. The molecule has 0 atom stereocenters. The third-order valence-corrected chi connectivity index (χ3v) is 2.00. The van der Waals surface area contributed by atoms with Crippen molar-refractivity contribution in [3.05, 3.63) is 29.8 Å². The van der Waals surface area contributed by atoms with Gasteiger partial charge in [0.05, 0.1) is 6.42 Å². The van der Waals surface area contributed by atoms with Crippen molar-refractivity contribution in [3.8, 4) is 5.75 Å². The van der Waals surface area contributed by atoms with Gasteiger partial charge in [0.25, 0.3) is 0 Å². The number of carbonyl (C=O) groups is 1. The average Bonchev–Trinajstić information content (AvgIpc) is 2.17. The highest BCUT2D eigenvalue weighted by Gasteiger charge is 2.32. The number of carbonyl (C=O) groups excluding carboxylic acids is 1. The van der Waals surface area contributed by atoms with E-state index < -0.39 is 6.36 Å². The molecule has 3 nitrogen and oxygen atoms in total. The molecule has 0 spiro atoms. The second kappa shape index (κ2) is 5.75. The third kappa shape index (κ3) is 5.07. The van der Waals surface area contributed by atoms with Crippen LogP contribution in [0, 0.1) is 0 Å². The minimum Gasteiger partial charge on any atom is -0.405 e. The lowest BCUT2D eigenvalue weighted by Gasteiger charge is -2.13. The van der Waals surface area contributed by atoms with Crippen molar-refractivity contribution in [2.75, 3.05) is 0 Å². The minimum absolute atomic E-state index is 0.0619. The number of benzene rings is 1. The summed E-state index contributed by atoms with van der Waals surface area (Å²) in [6.45, 7) is 3.55. The summed E-state index contributed by atoms with van der Waals surface area (Å²) < 4.78 is 40.3. The zero-order valence-corrected chi connectivity index (χ0v) is 10.0. The first kappa shape index (κ1) is 14.3. The number of alkyl halides is 3. The summed E-state index contributed by atoms with van der Waals surface area (Å²) in [7, 11) is 0. The van der Waals surface area contributed by atoms with E-state index in [4.69, 9.17) is 0 Å². The van der Waals surface area contributed by atoms with Gasteiger partial charge in [-0.25, -0.2) is 0 Å². The van der Waals surface area contributed by atoms with E-state index in [0.717, 1.165) is 0 Å². The second-order valence-corrected chi connectivity index (χ2v) is 4.05.